The molecule has 4 nitrogen and oxygen atoms in total. The quantitative estimate of drug-likeness (QED) is 0.221. The third kappa shape index (κ3) is 4.74. The van der Waals surface area contributed by atoms with Crippen molar-refractivity contribution in [3.8, 4) is 16.3 Å². The summed E-state index contributed by atoms with van der Waals surface area (Å²) in [6, 6.07) is 27.0. The molecule has 184 valence electrons. The fraction of sp³-hybridized carbons (Fsp3) is 0.258. The molecule has 0 saturated carbocycles. The number of methoxy groups -OCH3 is 1. The van der Waals surface area contributed by atoms with E-state index in [1.54, 1.807) is 18.4 Å². The average molecular weight is 497 g/mol. The lowest BCUT2D eigenvalue weighted by Crippen LogP contribution is -2.29. The largest absolute Gasteiger partial charge is 0.481 e. The van der Waals surface area contributed by atoms with Crippen LogP contribution in [-0.4, -0.2) is 42.7 Å². The van der Waals surface area contributed by atoms with E-state index in [0.29, 0.717) is 17.9 Å². The minimum Gasteiger partial charge on any atom is -0.481 e. The van der Waals surface area contributed by atoms with Crippen molar-refractivity contribution in [1.82, 2.24) is 9.88 Å². The van der Waals surface area contributed by atoms with E-state index in [9.17, 15) is 5.11 Å². The van der Waals surface area contributed by atoms with Gasteiger partial charge in [0.1, 0.15) is 5.60 Å². The molecule has 2 aromatic heterocycles. The van der Waals surface area contributed by atoms with E-state index in [4.69, 9.17) is 9.72 Å². The van der Waals surface area contributed by atoms with Crippen LogP contribution in [0.15, 0.2) is 84.2 Å². The van der Waals surface area contributed by atoms with Gasteiger partial charge in [-0.25, -0.2) is 4.98 Å². The lowest BCUT2D eigenvalue weighted by atomic mass is 9.80. The van der Waals surface area contributed by atoms with Crippen molar-refractivity contribution in [1.29, 1.82) is 0 Å². The van der Waals surface area contributed by atoms with Crippen LogP contribution in [0.4, 0.5) is 0 Å². The summed E-state index contributed by atoms with van der Waals surface area (Å²) >= 11 is 1.72. The Morgan fingerprint density at radius 1 is 0.889 bits per heavy atom. The number of ether oxygens (including phenoxy) is 1. The van der Waals surface area contributed by atoms with E-state index in [1.165, 1.54) is 4.88 Å². The van der Waals surface area contributed by atoms with E-state index in [2.05, 4.69) is 72.9 Å². The maximum atomic E-state index is 12.6. The number of unbranched alkanes of at least 4 members (excludes halogenated alkanes) is 1. The molecule has 0 saturated heterocycles. The number of aliphatic hydroxyl groups is 1. The zero-order valence-electron chi connectivity index (χ0n) is 21.1. The van der Waals surface area contributed by atoms with Crippen LogP contribution in [0.2, 0.25) is 0 Å². The summed E-state index contributed by atoms with van der Waals surface area (Å²) in [5, 5.41) is 17.8. The van der Waals surface area contributed by atoms with Crippen LogP contribution in [0, 0.1) is 0 Å². The first-order chi connectivity index (χ1) is 17.5. The summed E-state index contributed by atoms with van der Waals surface area (Å²) in [7, 11) is 5.80. The molecule has 0 aliphatic heterocycles. The van der Waals surface area contributed by atoms with Crippen molar-refractivity contribution in [3.63, 3.8) is 0 Å². The number of rotatable bonds is 9. The number of hydrogen-bond donors (Lipinski definition) is 1. The van der Waals surface area contributed by atoms with Crippen molar-refractivity contribution < 1.29 is 9.84 Å². The van der Waals surface area contributed by atoms with Crippen molar-refractivity contribution >= 4 is 33.0 Å². The third-order valence-electron chi connectivity index (χ3n) is 6.85. The molecule has 0 bridgehead atoms. The van der Waals surface area contributed by atoms with E-state index in [-0.39, 0.29) is 0 Å². The first kappa shape index (κ1) is 24.4. The van der Waals surface area contributed by atoms with Gasteiger partial charge in [0.15, 0.2) is 0 Å². The topological polar surface area (TPSA) is 45.6 Å². The van der Waals surface area contributed by atoms with Gasteiger partial charge in [-0.05, 0) is 91.4 Å². The molecule has 0 spiro atoms. The standard InChI is InChI=1S/C31H32N2O2S/c1-33(2)18-7-6-17-31(34,26-13-8-11-22-10-4-5-12-25(22)26)27-21-24-20-23(29-14-9-19-36-29)15-16-28(24)32-30(27)35-3/h4-5,8-16,19-21,34H,6-7,17-18H2,1-3H3. The van der Waals surface area contributed by atoms with E-state index < -0.39 is 5.60 Å². The number of fused-ring (bicyclic) bond motifs is 2. The Labute approximate surface area is 216 Å². The highest BCUT2D eigenvalue weighted by atomic mass is 32.1. The van der Waals surface area contributed by atoms with Gasteiger partial charge in [-0.15, -0.1) is 11.3 Å². The Kier molecular flexibility index (Phi) is 7.06. The van der Waals surface area contributed by atoms with Gasteiger partial charge >= 0.3 is 0 Å². The normalized spacial score (nSPS) is 13.4. The minimum atomic E-state index is -1.25. The monoisotopic (exact) mass is 496 g/mol. The van der Waals surface area contributed by atoms with Crippen LogP contribution < -0.4 is 4.74 Å². The van der Waals surface area contributed by atoms with Gasteiger partial charge < -0.3 is 14.7 Å². The molecule has 0 fully saturated rings. The Balaban J connectivity index is 1.69. The van der Waals surface area contributed by atoms with Crippen LogP contribution in [-0.2, 0) is 5.60 Å². The summed E-state index contributed by atoms with van der Waals surface area (Å²) < 4.78 is 5.80. The second-order valence-electron chi connectivity index (χ2n) is 9.58. The molecule has 1 N–H and O–H groups in total. The summed E-state index contributed by atoms with van der Waals surface area (Å²) in [5.41, 5.74) is 2.35. The molecule has 0 aliphatic rings. The van der Waals surface area contributed by atoms with Gasteiger partial charge in [0.2, 0.25) is 5.88 Å². The van der Waals surface area contributed by atoms with Gasteiger partial charge in [0, 0.05) is 10.3 Å². The maximum Gasteiger partial charge on any atom is 0.220 e. The molecule has 1 unspecified atom stereocenters. The molecule has 0 amide bonds. The lowest BCUT2D eigenvalue weighted by Gasteiger charge is -2.32. The number of hydrogen-bond acceptors (Lipinski definition) is 5. The van der Waals surface area contributed by atoms with Crippen LogP contribution in [0.5, 0.6) is 5.88 Å². The number of aromatic nitrogens is 1. The van der Waals surface area contributed by atoms with Crippen molar-refractivity contribution in [3.05, 3.63) is 95.4 Å². The van der Waals surface area contributed by atoms with E-state index in [1.807, 2.05) is 30.3 Å². The Bertz CT molecular complexity index is 1470. The van der Waals surface area contributed by atoms with Gasteiger partial charge in [-0.2, -0.15) is 0 Å². The molecule has 5 heteroatoms. The highest BCUT2D eigenvalue weighted by Gasteiger charge is 2.36. The maximum absolute atomic E-state index is 12.6. The van der Waals surface area contributed by atoms with E-state index in [0.717, 1.165) is 52.2 Å². The molecular weight excluding hydrogens is 464 g/mol. The third-order valence-corrected chi connectivity index (χ3v) is 7.77. The second-order valence-corrected chi connectivity index (χ2v) is 10.5. The number of nitrogens with zero attached hydrogens (tertiary/aromatic N) is 2. The zero-order chi connectivity index (χ0) is 25.1. The zero-order valence-corrected chi connectivity index (χ0v) is 21.9. The lowest BCUT2D eigenvalue weighted by molar-refractivity contribution is 0.0658. The molecule has 0 radical (unpaired) electrons. The number of thiophene rings is 1. The summed E-state index contributed by atoms with van der Waals surface area (Å²) in [4.78, 5) is 8.25. The first-order valence-corrected chi connectivity index (χ1v) is 13.3. The SMILES string of the molecule is COc1nc2ccc(-c3cccs3)cc2cc1C(O)(CCCCN(C)C)c1cccc2ccccc12. The highest BCUT2D eigenvalue weighted by molar-refractivity contribution is 7.13. The minimum absolute atomic E-state index is 0.467. The Hall–Kier alpha value is -3.25. The fourth-order valence-corrected chi connectivity index (χ4v) is 5.74. The molecular formula is C31H32N2O2S. The van der Waals surface area contributed by atoms with Crippen LogP contribution in [0.25, 0.3) is 32.1 Å². The van der Waals surface area contributed by atoms with Crippen molar-refractivity contribution in [2.24, 2.45) is 0 Å². The highest BCUT2D eigenvalue weighted by Crippen LogP contribution is 2.43. The molecule has 1 atom stereocenters. The summed E-state index contributed by atoms with van der Waals surface area (Å²) in [5.74, 6) is 0.467. The molecule has 36 heavy (non-hydrogen) atoms. The van der Waals surface area contributed by atoms with Gasteiger partial charge in [0.05, 0.1) is 18.2 Å². The van der Waals surface area contributed by atoms with Gasteiger partial charge in [-0.1, -0.05) is 54.6 Å². The smallest absolute Gasteiger partial charge is 0.220 e. The van der Waals surface area contributed by atoms with Gasteiger partial charge in [-0.3, -0.25) is 0 Å². The Morgan fingerprint density at radius 3 is 2.50 bits per heavy atom. The van der Waals surface area contributed by atoms with Crippen LogP contribution >= 0.6 is 11.3 Å². The first-order valence-electron chi connectivity index (χ1n) is 12.4. The molecule has 2 heterocycles. The predicted octanol–water partition coefficient (Wildman–Crippen LogP) is 7.09. The van der Waals surface area contributed by atoms with Gasteiger partial charge in [0.25, 0.3) is 0 Å². The van der Waals surface area contributed by atoms with E-state index >= 15 is 0 Å². The molecule has 0 aliphatic carbocycles. The van der Waals surface area contributed by atoms with Crippen LogP contribution in [0.1, 0.15) is 30.4 Å². The number of benzene rings is 3. The summed E-state index contributed by atoms with van der Waals surface area (Å²) in [6.45, 7) is 0.975. The van der Waals surface area contributed by atoms with Crippen molar-refractivity contribution in [2.45, 2.75) is 24.9 Å². The fourth-order valence-electron chi connectivity index (χ4n) is 5.02. The average Bonchev–Trinajstić information content (AvgIpc) is 3.44. The molecule has 3 aromatic carbocycles. The number of pyridine rings is 1. The molecule has 5 rings (SSSR count). The summed E-state index contributed by atoms with van der Waals surface area (Å²) in [6.07, 6.45) is 2.43. The molecule has 5 aromatic rings. The predicted molar refractivity (Wildman–Crippen MR) is 151 cm³/mol. The Morgan fingerprint density at radius 2 is 1.72 bits per heavy atom. The second kappa shape index (κ2) is 10.4. The van der Waals surface area contributed by atoms with Crippen LogP contribution in [0.3, 0.4) is 0 Å². The van der Waals surface area contributed by atoms with Crippen molar-refractivity contribution in [2.75, 3.05) is 27.7 Å².